The monoisotopic (exact) mass is 279 g/mol. The number of phenols is 1. The van der Waals surface area contributed by atoms with Crippen LogP contribution in [0.2, 0.25) is 0 Å². The Morgan fingerprint density at radius 3 is 1.65 bits per heavy atom. The van der Waals surface area contributed by atoms with E-state index in [1.807, 2.05) is 41.5 Å². The number of nitrogens with two attached hydrogens (primary N) is 1. The zero-order chi connectivity index (χ0) is 15.9. The maximum atomic E-state index is 11.1. The molecule has 0 radical (unpaired) electrons. The van der Waals surface area contributed by atoms with E-state index in [1.54, 1.807) is 12.1 Å². The Hall–Kier alpha value is -1.55. The smallest absolute Gasteiger partial charge is 0.325 e. The number of benzene rings is 1. The van der Waals surface area contributed by atoms with Crippen LogP contribution in [0.3, 0.4) is 0 Å². The fraction of sp³-hybridized carbons (Fsp3) is 0.562. The van der Waals surface area contributed by atoms with E-state index in [4.69, 9.17) is 10.8 Å². The molecule has 0 aliphatic heterocycles. The molecular formula is C16H25NO3. The van der Waals surface area contributed by atoms with Crippen molar-refractivity contribution in [2.24, 2.45) is 5.73 Å². The van der Waals surface area contributed by atoms with E-state index in [0.29, 0.717) is 5.56 Å². The van der Waals surface area contributed by atoms with Gasteiger partial charge in [-0.3, -0.25) is 4.79 Å². The Morgan fingerprint density at radius 2 is 1.40 bits per heavy atom. The average molecular weight is 279 g/mol. The third-order valence-electron chi connectivity index (χ3n) is 3.37. The second kappa shape index (κ2) is 5.09. The van der Waals surface area contributed by atoms with Gasteiger partial charge in [0.25, 0.3) is 0 Å². The Balaban J connectivity index is 3.63. The van der Waals surface area contributed by atoms with Gasteiger partial charge in [0, 0.05) is 0 Å². The first-order valence-corrected chi connectivity index (χ1v) is 6.72. The highest BCUT2D eigenvalue weighted by Crippen LogP contribution is 2.40. The van der Waals surface area contributed by atoms with Crippen molar-refractivity contribution in [3.05, 3.63) is 28.8 Å². The van der Waals surface area contributed by atoms with Crippen LogP contribution in [-0.4, -0.2) is 16.2 Å². The van der Waals surface area contributed by atoms with E-state index in [2.05, 4.69) is 0 Å². The summed E-state index contributed by atoms with van der Waals surface area (Å²) in [5.41, 5.74) is 7.10. The zero-order valence-electron chi connectivity index (χ0n) is 13.1. The molecule has 1 rings (SSSR count). The van der Waals surface area contributed by atoms with Crippen LogP contribution in [0.4, 0.5) is 0 Å². The predicted molar refractivity (Wildman–Crippen MR) is 80.1 cm³/mol. The number of hydrogen-bond acceptors (Lipinski definition) is 3. The summed E-state index contributed by atoms with van der Waals surface area (Å²) in [5, 5.41) is 19.6. The van der Waals surface area contributed by atoms with Crippen molar-refractivity contribution in [2.45, 2.75) is 58.4 Å². The molecule has 1 atom stereocenters. The highest BCUT2D eigenvalue weighted by Gasteiger charge is 2.28. The number of carboxylic acid groups (broad SMARTS) is 1. The summed E-state index contributed by atoms with van der Waals surface area (Å²) in [5.74, 6) is -0.846. The van der Waals surface area contributed by atoms with Gasteiger partial charge in [-0.2, -0.15) is 0 Å². The van der Waals surface area contributed by atoms with Crippen LogP contribution in [0.5, 0.6) is 5.75 Å². The lowest BCUT2D eigenvalue weighted by molar-refractivity contribution is -0.138. The van der Waals surface area contributed by atoms with E-state index >= 15 is 0 Å². The van der Waals surface area contributed by atoms with E-state index in [1.165, 1.54) is 0 Å². The molecule has 0 aromatic heterocycles. The van der Waals surface area contributed by atoms with Gasteiger partial charge in [0.15, 0.2) is 0 Å². The van der Waals surface area contributed by atoms with Gasteiger partial charge in [-0.05, 0) is 39.7 Å². The third-order valence-corrected chi connectivity index (χ3v) is 3.37. The molecule has 0 unspecified atom stereocenters. The average Bonchev–Trinajstić information content (AvgIpc) is 2.24. The molecule has 4 N–H and O–H groups in total. The highest BCUT2D eigenvalue weighted by molar-refractivity contribution is 5.75. The van der Waals surface area contributed by atoms with E-state index in [0.717, 1.165) is 11.1 Å². The van der Waals surface area contributed by atoms with Gasteiger partial charge >= 0.3 is 5.97 Å². The Bertz CT molecular complexity index is 486. The van der Waals surface area contributed by atoms with Crippen LogP contribution >= 0.6 is 0 Å². The molecular weight excluding hydrogens is 254 g/mol. The minimum Gasteiger partial charge on any atom is -0.507 e. The highest BCUT2D eigenvalue weighted by atomic mass is 16.4. The van der Waals surface area contributed by atoms with Crippen LogP contribution in [0.1, 0.15) is 64.3 Å². The van der Waals surface area contributed by atoms with E-state index in [9.17, 15) is 9.90 Å². The number of aliphatic carboxylic acids is 1. The summed E-state index contributed by atoms with van der Waals surface area (Å²) in [4.78, 5) is 11.1. The Labute approximate surface area is 120 Å². The molecule has 20 heavy (non-hydrogen) atoms. The molecule has 0 fully saturated rings. The molecule has 112 valence electrons. The van der Waals surface area contributed by atoms with Gasteiger partial charge in [-0.15, -0.1) is 0 Å². The standard InChI is InChI=1S/C16H25NO3/c1-15(2,3)10-7-9(12(17)14(19)20)8-11(13(10)18)16(4,5)6/h7-8,12,18H,17H2,1-6H3,(H,19,20)/t12-/m0/s1. The maximum Gasteiger partial charge on any atom is 0.325 e. The van der Waals surface area contributed by atoms with Crippen LogP contribution in [-0.2, 0) is 15.6 Å². The van der Waals surface area contributed by atoms with Crippen LogP contribution in [0.15, 0.2) is 12.1 Å². The second-order valence-electron chi connectivity index (χ2n) is 7.28. The maximum absolute atomic E-state index is 11.1. The number of carbonyl (C=O) groups is 1. The lowest BCUT2D eigenvalue weighted by atomic mass is 9.78. The lowest BCUT2D eigenvalue weighted by Crippen LogP contribution is -2.24. The van der Waals surface area contributed by atoms with Crippen molar-refractivity contribution < 1.29 is 15.0 Å². The fourth-order valence-electron chi connectivity index (χ4n) is 2.12. The Kier molecular flexibility index (Phi) is 4.20. The van der Waals surface area contributed by atoms with Crippen LogP contribution in [0, 0.1) is 0 Å². The van der Waals surface area contributed by atoms with Gasteiger partial charge in [0.2, 0.25) is 0 Å². The first-order chi connectivity index (χ1) is 8.85. The molecule has 0 spiro atoms. The summed E-state index contributed by atoms with van der Waals surface area (Å²) >= 11 is 0. The summed E-state index contributed by atoms with van der Waals surface area (Å²) in [7, 11) is 0. The first-order valence-electron chi connectivity index (χ1n) is 6.72. The number of carboxylic acids is 1. The number of aromatic hydroxyl groups is 1. The molecule has 1 aromatic rings. The van der Waals surface area contributed by atoms with Gasteiger partial charge in [0.1, 0.15) is 11.8 Å². The number of phenolic OH excluding ortho intramolecular Hbond substituents is 1. The van der Waals surface area contributed by atoms with Gasteiger partial charge in [-0.1, -0.05) is 41.5 Å². The number of hydrogen-bond donors (Lipinski definition) is 3. The number of rotatable bonds is 2. The van der Waals surface area contributed by atoms with Gasteiger partial charge in [-0.25, -0.2) is 0 Å². The van der Waals surface area contributed by atoms with E-state index < -0.39 is 12.0 Å². The molecule has 4 heteroatoms. The van der Waals surface area contributed by atoms with Gasteiger partial charge in [0.05, 0.1) is 0 Å². The predicted octanol–water partition coefficient (Wildman–Crippen LogP) is 3.07. The van der Waals surface area contributed by atoms with Crippen molar-refractivity contribution in [1.82, 2.24) is 0 Å². The van der Waals surface area contributed by atoms with Crippen molar-refractivity contribution >= 4 is 5.97 Å². The van der Waals surface area contributed by atoms with Gasteiger partial charge < -0.3 is 15.9 Å². The van der Waals surface area contributed by atoms with Crippen molar-refractivity contribution in [3.63, 3.8) is 0 Å². The topological polar surface area (TPSA) is 83.6 Å². The zero-order valence-corrected chi connectivity index (χ0v) is 13.1. The quantitative estimate of drug-likeness (QED) is 0.777. The summed E-state index contributed by atoms with van der Waals surface area (Å²) < 4.78 is 0. The SMILES string of the molecule is CC(C)(C)c1cc([C@H](N)C(=O)O)cc(C(C)(C)C)c1O. The first kappa shape index (κ1) is 16.5. The molecule has 0 aliphatic carbocycles. The minimum absolute atomic E-state index is 0.228. The third kappa shape index (κ3) is 3.31. The summed E-state index contributed by atoms with van der Waals surface area (Å²) in [6, 6.07) is 2.31. The molecule has 0 amide bonds. The fourth-order valence-corrected chi connectivity index (χ4v) is 2.12. The van der Waals surface area contributed by atoms with Crippen molar-refractivity contribution in [3.8, 4) is 5.75 Å². The molecule has 1 aromatic carbocycles. The van der Waals surface area contributed by atoms with E-state index in [-0.39, 0.29) is 16.6 Å². The van der Waals surface area contributed by atoms with Crippen molar-refractivity contribution in [1.29, 1.82) is 0 Å². The second-order valence-corrected chi connectivity index (χ2v) is 7.28. The Morgan fingerprint density at radius 1 is 1.05 bits per heavy atom. The van der Waals surface area contributed by atoms with Crippen LogP contribution in [0.25, 0.3) is 0 Å². The molecule has 4 nitrogen and oxygen atoms in total. The largest absolute Gasteiger partial charge is 0.507 e. The van der Waals surface area contributed by atoms with Crippen LogP contribution < -0.4 is 5.73 Å². The molecule has 0 heterocycles. The molecule has 0 aliphatic rings. The summed E-state index contributed by atoms with van der Waals surface area (Å²) in [6.45, 7) is 11.9. The molecule has 0 bridgehead atoms. The normalized spacial score (nSPS) is 14.2. The lowest BCUT2D eigenvalue weighted by Gasteiger charge is -2.28. The minimum atomic E-state index is -1.09. The molecule has 0 saturated heterocycles. The molecule has 0 saturated carbocycles. The summed E-state index contributed by atoms with van der Waals surface area (Å²) in [6.07, 6.45) is 0. The van der Waals surface area contributed by atoms with Crippen molar-refractivity contribution in [2.75, 3.05) is 0 Å².